The summed E-state index contributed by atoms with van der Waals surface area (Å²) in [5, 5.41) is 18.4. The summed E-state index contributed by atoms with van der Waals surface area (Å²) in [6.45, 7) is 3.30. The van der Waals surface area contributed by atoms with Crippen molar-refractivity contribution in [2.45, 2.75) is 18.7 Å². The molecule has 0 saturated carbocycles. The maximum atomic E-state index is 13.6. The zero-order valence-electron chi connectivity index (χ0n) is 19.5. The van der Waals surface area contributed by atoms with E-state index in [1.807, 2.05) is 6.92 Å². The number of amides is 1. The summed E-state index contributed by atoms with van der Waals surface area (Å²) in [5.74, 6) is -0.786. The normalized spacial score (nSPS) is 11.8. The van der Waals surface area contributed by atoms with Gasteiger partial charge in [-0.15, -0.1) is 10.2 Å². The van der Waals surface area contributed by atoms with Gasteiger partial charge < -0.3 is 14.8 Å². The predicted molar refractivity (Wildman–Crippen MR) is 141 cm³/mol. The Morgan fingerprint density at radius 2 is 1.83 bits per heavy atom. The Hall–Kier alpha value is -3.70. The molecule has 36 heavy (non-hydrogen) atoms. The molecule has 11 heteroatoms. The second kappa shape index (κ2) is 10.5. The number of anilines is 1. The zero-order valence-corrected chi connectivity index (χ0v) is 21.9. The molecule has 3 aromatic carbocycles. The topological polar surface area (TPSA) is 124 Å². The summed E-state index contributed by atoms with van der Waals surface area (Å²) >= 11 is 3.36. The van der Waals surface area contributed by atoms with Crippen LogP contribution in [-0.2, 0) is 14.8 Å². The second-order valence-electron chi connectivity index (χ2n) is 7.83. The van der Waals surface area contributed by atoms with E-state index in [0.717, 1.165) is 14.3 Å². The van der Waals surface area contributed by atoms with Gasteiger partial charge in [-0.2, -0.15) is 0 Å². The number of H-pyrrole nitrogens is 1. The first-order chi connectivity index (χ1) is 17.2. The summed E-state index contributed by atoms with van der Waals surface area (Å²) < 4.78 is 34.6. The molecular weight excluding hydrogens is 548 g/mol. The van der Waals surface area contributed by atoms with Crippen LogP contribution in [0.5, 0.6) is 11.6 Å². The standard InChI is InChI=1S/C25H23BrN4O5S/c1-3-35-22-7-5-4-6-21(22)30(36(33,34)18-11-8-16(2)9-12-18)15-23(31)28-29-24-19-14-17(26)10-13-20(19)27-25(24)32/h4-14,27,32H,3,15H2,1-2H3. The number of halogens is 1. The number of aromatic nitrogens is 1. The molecule has 4 aromatic rings. The lowest BCUT2D eigenvalue weighted by Crippen LogP contribution is -2.35. The molecule has 0 aliphatic carbocycles. The van der Waals surface area contributed by atoms with Crippen molar-refractivity contribution in [2.24, 2.45) is 10.2 Å². The molecule has 1 aromatic heterocycles. The van der Waals surface area contributed by atoms with E-state index in [0.29, 0.717) is 23.3 Å². The van der Waals surface area contributed by atoms with E-state index in [-0.39, 0.29) is 22.2 Å². The number of rotatable bonds is 8. The molecule has 2 N–H and O–H groups in total. The number of para-hydroxylation sites is 2. The molecule has 186 valence electrons. The van der Waals surface area contributed by atoms with Gasteiger partial charge in [-0.05, 0) is 56.3 Å². The van der Waals surface area contributed by atoms with Crippen molar-refractivity contribution in [3.05, 3.63) is 76.8 Å². The smallest absolute Gasteiger partial charge is 0.285 e. The van der Waals surface area contributed by atoms with Crippen LogP contribution in [0.25, 0.3) is 10.9 Å². The number of benzene rings is 3. The van der Waals surface area contributed by atoms with Gasteiger partial charge in [0.1, 0.15) is 12.3 Å². The van der Waals surface area contributed by atoms with Gasteiger partial charge >= 0.3 is 0 Å². The number of nitrogens with zero attached hydrogens (tertiary/aromatic N) is 3. The van der Waals surface area contributed by atoms with Gasteiger partial charge in [0.05, 0.1) is 22.7 Å². The first kappa shape index (κ1) is 25.4. The minimum atomic E-state index is -4.16. The zero-order chi connectivity index (χ0) is 25.9. The van der Waals surface area contributed by atoms with Crippen LogP contribution in [0.4, 0.5) is 11.4 Å². The third-order valence-corrected chi connectivity index (χ3v) is 7.56. The highest BCUT2D eigenvalue weighted by Gasteiger charge is 2.29. The SMILES string of the molecule is CCOc1ccccc1N(CC(=O)N=Nc1c(O)[nH]c2ccc(Br)cc12)S(=O)(=O)c1ccc(C)cc1. The average molecular weight is 571 g/mol. The number of azo groups is 1. The average Bonchev–Trinajstić information content (AvgIpc) is 3.16. The predicted octanol–water partition coefficient (Wildman–Crippen LogP) is 5.85. The molecule has 4 rings (SSSR count). The van der Waals surface area contributed by atoms with Crippen LogP contribution in [0, 0.1) is 6.92 Å². The van der Waals surface area contributed by atoms with E-state index in [1.54, 1.807) is 61.5 Å². The van der Waals surface area contributed by atoms with Crippen LogP contribution in [0.2, 0.25) is 0 Å². The summed E-state index contributed by atoms with van der Waals surface area (Å²) in [4.78, 5) is 15.7. The number of aromatic amines is 1. The van der Waals surface area contributed by atoms with E-state index in [2.05, 4.69) is 31.1 Å². The van der Waals surface area contributed by atoms with Gasteiger partial charge in [0.15, 0.2) is 5.69 Å². The minimum absolute atomic E-state index is 0.0169. The first-order valence-corrected chi connectivity index (χ1v) is 13.2. The number of hydrogen-bond donors (Lipinski definition) is 2. The maximum absolute atomic E-state index is 13.6. The van der Waals surface area contributed by atoms with Gasteiger partial charge in [-0.1, -0.05) is 45.8 Å². The van der Waals surface area contributed by atoms with E-state index in [1.165, 1.54) is 12.1 Å². The van der Waals surface area contributed by atoms with Crippen molar-refractivity contribution in [1.29, 1.82) is 0 Å². The summed E-state index contributed by atoms with van der Waals surface area (Å²) in [6, 6.07) is 18.1. The summed E-state index contributed by atoms with van der Waals surface area (Å²) in [5.41, 5.74) is 1.77. The van der Waals surface area contributed by atoms with Crippen molar-refractivity contribution in [3.8, 4) is 11.6 Å². The number of sulfonamides is 1. The lowest BCUT2D eigenvalue weighted by molar-refractivity contribution is -0.116. The van der Waals surface area contributed by atoms with Gasteiger partial charge in [0.25, 0.3) is 15.9 Å². The lowest BCUT2D eigenvalue weighted by Gasteiger charge is -2.25. The van der Waals surface area contributed by atoms with Crippen LogP contribution in [0.3, 0.4) is 0 Å². The molecule has 0 fully saturated rings. The monoisotopic (exact) mass is 570 g/mol. The van der Waals surface area contributed by atoms with Crippen LogP contribution in [0.1, 0.15) is 12.5 Å². The number of aromatic hydroxyl groups is 1. The number of carbonyl (C=O) groups excluding carboxylic acids is 1. The van der Waals surface area contributed by atoms with Gasteiger partial charge in [0.2, 0.25) is 5.88 Å². The molecule has 0 atom stereocenters. The van der Waals surface area contributed by atoms with Crippen molar-refractivity contribution in [1.82, 2.24) is 4.98 Å². The Morgan fingerprint density at radius 3 is 2.56 bits per heavy atom. The molecule has 0 spiro atoms. The number of carbonyl (C=O) groups is 1. The molecule has 9 nitrogen and oxygen atoms in total. The molecule has 0 saturated heterocycles. The number of hydrogen-bond acceptors (Lipinski definition) is 6. The van der Waals surface area contributed by atoms with Gasteiger partial charge in [-0.25, -0.2) is 8.42 Å². The van der Waals surface area contributed by atoms with Crippen LogP contribution >= 0.6 is 15.9 Å². The number of fused-ring (bicyclic) bond motifs is 1. The number of nitrogens with one attached hydrogen (secondary N) is 1. The first-order valence-electron chi connectivity index (χ1n) is 11.0. The Morgan fingerprint density at radius 1 is 1.11 bits per heavy atom. The van der Waals surface area contributed by atoms with Gasteiger partial charge in [-0.3, -0.25) is 9.10 Å². The fraction of sp³-hybridized carbons (Fsp3) is 0.160. The second-order valence-corrected chi connectivity index (χ2v) is 10.6. The van der Waals surface area contributed by atoms with Crippen LogP contribution < -0.4 is 9.04 Å². The number of ether oxygens (including phenoxy) is 1. The van der Waals surface area contributed by atoms with Crippen molar-refractivity contribution in [2.75, 3.05) is 17.5 Å². The highest BCUT2D eigenvalue weighted by molar-refractivity contribution is 9.10. The van der Waals surface area contributed by atoms with Crippen LogP contribution in [0.15, 0.2) is 86.3 Å². The summed E-state index contributed by atoms with van der Waals surface area (Å²) in [7, 11) is -4.16. The fourth-order valence-electron chi connectivity index (χ4n) is 3.58. The highest BCUT2D eigenvalue weighted by Crippen LogP contribution is 2.37. The third-order valence-electron chi connectivity index (χ3n) is 5.30. The Labute approximate surface area is 216 Å². The molecule has 0 aliphatic heterocycles. The molecule has 1 amide bonds. The fourth-order valence-corrected chi connectivity index (χ4v) is 5.36. The largest absolute Gasteiger partial charge is 0.493 e. The Kier molecular flexibility index (Phi) is 7.41. The molecule has 1 heterocycles. The maximum Gasteiger partial charge on any atom is 0.285 e. The van der Waals surface area contributed by atoms with E-state index >= 15 is 0 Å². The molecule has 0 unspecified atom stereocenters. The lowest BCUT2D eigenvalue weighted by atomic mass is 10.2. The minimum Gasteiger partial charge on any atom is -0.493 e. The Balaban J connectivity index is 1.72. The van der Waals surface area contributed by atoms with E-state index in [4.69, 9.17) is 4.74 Å². The Bertz CT molecular complexity index is 1550. The third kappa shape index (κ3) is 5.26. The molecule has 0 bridgehead atoms. The van der Waals surface area contributed by atoms with Crippen molar-refractivity contribution >= 4 is 54.1 Å². The van der Waals surface area contributed by atoms with Gasteiger partial charge in [0, 0.05) is 9.86 Å². The van der Waals surface area contributed by atoms with Crippen molar-refractivity contribution in [3.63, 3.8) is 0 Å². The number of aryl methyl sites for hydroxylation is 1. The quantitative estimate of drug-likeness (QED) is 0.257. The van der Waals surface area contributed by atoms with Crippen LogP contribution in [-0.4, -0.2) is 37.6 Å². The molecule has 0 aliphatic rings. The van der Waals surface area contributed by atoms with E-state index < -0.39 is 22.5 Å². The highest BCUT2D eigenvalue weighted by atomic mass is 79.9. The molecular formula is C25H23BrN4O5S. The summed E-state index contributed by atoms with van der Waals surface area (Å²) in [6.07, 6.45) is 0. The van der Waals surface area contributed by atoms with Crippen molar-refractivity contribution < 1.29 is 23.1 Å². The van der Waals surface area contributed by atoms with E-state index in [9.17, 15) is 18.3 Å². The molecule has 0 radical (unpaired) electrons.